The molecule has 1 heterocycles. The van der Waals surface area contributed by atoms with Gasteiger partial charge in [0.1, 0.15) is 0 Å². The molecule has 0 bridgehead atoms. The first-order valence-corrected chi connectivity index (χ1v) is 7.40. The number of nitrogens with zero attached hydrogens (tertiary/aromatic N) is 1. The van der Waals surface area contributed by atoms with Crippen molar-refractivity contribution in [1.82, 2.24) is 4.31 Å². The van der Waals surface area contributed by atoms with Gasteiger partial charge in [-0.25, -0.2) is 8.42 Å². The normalized spacial score (nSPS) is 28.4. The highest BCUT2D eigenvalue weighted by Crippen LogP contribution is 2.39. The number of aryl methyl sites for hydroxylation is 1. The van der Waals surface area contributed by atoms with Crippen LogP contribution in [0.5, 0.6) is 0 Å². The van der Waals surface area contributed by atoms with E-state index in [-0.39, 0.29) is 12.1 Å². The second-order valence-corrected chi connectivity index (χ2v) is 6.97. The molecule has 0 saturated carbocycles. The average Bonchev–Trinajstić information content (AvgIpc) is 2.91. The molecule has 3 atom stereocenters. The smallest absolute Gasteiger partial charge is 0.207 e. The summed E-state index contributed by atoms with van der Waals surface area (Å²) in [6.07, 6.45) is 0. The van der Waals surface area contributed by atoms with Crippen LogP contribution in [0.15, 0.2) is 29.2 Å². The van der Waals surface area contributed by atoms with E-state index in [1.165, 1.54) is 0 Å². The van der Waals surface area contributed by atoms with E-state index in [1.54, 1.807) is 16.4 Å². The summed E-state index contributed by atoms with van der Waals surface area (Å²) in [7, 11) is -3.29. The highest BCUT2D eigenvalue weighted by molar-refractivity contribution is 7.89. The van der Waals surface area contributed by atoms with E-state index >= 15 is 0 Å². The molecule has 1 aliphatic rings. The van der Waals surface area contributed by atoms with E-state index in [4.69, 9.17) is 0 Å². The lowest BCUT2D eigenvalue weighted by atomic mass is 10.1. The third-order valence-electron chi connectivity index (χ3n) is 3.38. The summed E-state index contributed by atoms with van der Waals surface area (Å²) >= 11 is 0. The minimum Gasteiger partial charge on any atom is -0.207 e. The largest absolute Gasteiger partial charge is 0.243 e. The van der Waals surface area contributed by atoms with Crippen molar-refractivity contribution in [3.8, 4) is 0 Å². The number of hydrogen-bond acceptors (Lipinski definition) is 2. The molecule has 3 nitrogen and oxygen atoms in total. The zero-order chi connectivity index (χ0) is 12.8. The summed E-state index contributed by atoms with van der Waals surface area (Å²) in [6, 6.07) is 7.33. The Hall–Kier alpha value is -0.870. The van der Waals surface area contributed by atoms with E-state index < -0.39 is 10.0 Å². The van der Waals surface area contributed by atoms with Gasteiger partial charge < -0.3 is 0 Å². The van der Waals surface area contributed by atoms with Gasteiger partial charge in [0, 0.05) is 12.1 Å². The fraction of sp³-hybridized carbons (Fsp3) is 0.538. The first kappa shape index (κ1) is 12.6. The van der Waals surface area contributed by atoms with Crippen molar-refractivity contribution < 1.29 is 8.42 Å². The number of benzene rings is 1. The van der Waals surface area contributed by atoms with Gasteiger partial charge in [0.05, 0.1) is 4.90 Å². The molecule has 94 valence electrons. The molecule has 0 radical (unpaired) electrons. The molecule has 4 heteroatoms. The molecule has 0 amide bonds. The molecule has 0 aromatic heterocycles. The fourth-order valence-electron chi connectivity index (χ4n) is 2.41. The maximum atomic E-state index is 12.4. The van der Waals surface area contributed by atoms with Gasteiger partial charge in [-0.1, -0.05) is 31.5 Å². The van der Waals surface area contributed by atoms with Gasteiger partial charge in [-0.2, -0.15) is 4.31 Å². The van der Waals surface area contributed by atoms with Gasteiger partial charge in [-0.15, -0.1) is 0 Å². The van der Waals surface area contributed by atoms with Crippen molar-refractivity contribution >= 4 is 10.0 Å². The van der Waals surface area contributed by atoms with Crippen molar-refractivity contribution in [2.24, 2.45) is 5.92 Å². The molecule has 0 N–H and O–H groups in total. The number of sulfonamides is 1. The number of rotatable bonds is 3. The molecule has 1 aromatic rings. The van der Waals surface area contributed by atoms with Crippen LogP contribution in [0.2, 0.25) is 0 Å². The van der Waals surface area contributed by atoms with Gasteiger partial charge in [-0.3, -0.25) is 0 Å². The molecule has 1 fully saturated rings. The Bertz CT molecular complexity index is 505. The summed E-state index contributed by atoms with van der Waals surface area (Å²) in [5, 5.41) is 0. The van der Waals surface area contributed by atoms with Gasteiger partial charge in [0.15, 0.2) is 0 Å². The Morgan fingerprint density at radius 1 is 1.18 bits per heavy atom. The highest BCUT2D eigenvalue weighted by Gasteiger charge is 2.53. The second-order valence-electron chi connectivity index (χ2n) is 5.12. The van der Waals surface area contributed by atoms with Crippen molar-refractivity contribution in [3.63, 3.8) is 0 Å². The van der Waals surface area contributed by atoms with Crippen LogP contribution in [-0.4, -0.2) is 24.8 Å². The van der Waals surface area contributed by atoms with Gasteiger partial charge in [0.25, 0.3) is 0 Å². The fourth-order valence-corrected chi connectivity index (χ4v) is 4.38. The average molecular weight is 253 g/mol. The Morgan fingerprint density at radius 2 is 1.71 bits per heavy atom. The summed E-state index contributed by atoms with van der Waals surface area (Å²) < 4.78 is 26.3. The topological polar surface area (TPSA) is 37.1 Å². The molecule has 0 aliphatic carbocycles. The zero-order valence-corrected chi connectivity index (χ0v) is 11.5. The van der Waals surface area contributed by atoms with Crippen molar-refractivity contribution in [1.29, 1.82) is 0 Å². The second kappa shape index (κ2) is 4.10. The lowest BCUT2D eigenvalue weighted by molar-refractivity contribution is 0.517. The van der Waals surface area contributed by atoms with E-state index in [1.807, 2.05) is 26.0 Å². The van der Waals surface area contributed by atoms with E-state index in [0.29, 0.717) is 10.8 Å². The van der Waals surface area contributed by atoms with Crippen molar-refractivity contribution in [3.05, 3.63) is 29.8 Å². The Labute approximate surface area is 104 Å². The van der Waals surface area contributed by atoms with E-state index in [9.17, 15) is 8.42 Å². The Kier molecular flexibility index (Phi) is 3.04. The molecule has 1 saturated heterocycles. The van der Waals surface area contributed by atoms with Crippen LogP contribution >= 0.6 is 0 Å². The van der Waals surface area contributed by atoms with E-state index in [2.05, 4.69) is 13.8 Å². The molecule has 1 unspecified atom stereocenters. The molecule has 1 aromatic carbocycles. The van der Waals surface area contributed by atoms with Crippen LogP contribution < -0.4 is 0 Å². The standard InChI is InChI=1S/C13H19NO2S/c1-9(2)13-11(4)14(13)17(15,16)12-7-5-10(3)6-8-12/h5-9,11,13H,1-4H3/t11-,13-,14?/m1/s1. The molecular weight excluding hydrogens is 234 g/mol. The molecule has 2 rings (SSSR count). The summed E-state index contributed by atoms with van der Waals surface area (Å²) in [4.78, 5) is 0.401. The maximum absolute atomic E-state index is 12.4. The Balaban J connectivity index is 2.30. The van der Waals surface area contributed by atoms with Gasteiger partial charge in [-0.05, 0) is 31.9 Å². The predicted octanol–water partition coefficient (Wildman–Crippen LogP) is 2.41. The van der Waals surface area contributed by atoms with Crippen molar-refractivity contribution in [2.45, 2.75) is 44.7 Å². The lowest BCUT2D eigenvalue weighted by Gasteiger charge is -2.08. The first-order chi connectivity index (χ1) is 7.85. The van der Waals surface area contributed by atoms with Gasteiger partial charge >= 0.3 is 0 Å². The van der Waals surface area contributed by atoms with Crippen LogP contribution in [0.3, 0.4) is 0 Å². The van der Waals surface area contributed by atoms with E-state index in [0.717, 1.165) is 5.56 Å². The third-order valence-corrected chi connectivity index (χ3v) is 5.38. The summed E-state index contributed by atoms with van der Waals surface area (Å²) in [5.41, 5.74) is 1.07. The minimum absolute atomic E-state index is 0.126. The van der Waals surface area contributed by atoms with Crippen molar-refractivity contribution in [2.75, 3.05) is 0 Å². The van der Waals surface area contributed by atoms with Crippen LogP contribution in [0.4, 0.5) is 0 Å². The first-order valence-electron chi connectivity index (χ1n) is 5.96. The summed E-state index contributed by atoms with van der Waals surface area (Å²) in [6.45, 7) is 8.04. The monoisotopic (exact) mass is 253 g/mol. The Morgan fingerprint density at radius 3 is 2.12 bits per heavy atom. The number of hydrogen-bond donors (Lipinski definition) is 0. The quantitative estimate of drug-likeness (QED) is 0.776. The SMILES string of the molecule is Cc1ccc(S(=O)(=O)N2[C@H](C)[C@H]2C(C)C)cc1. The molecular formula is C13H19NO2S. The molecule has 1 aliphatic heterocycles. The predicted molar refractivity (Wildman–Crippen MR) is 68.3 cm³/mol. The van der Waals surface area contributed by atoms with Crippen LogP contribution in [0.1, 0.15) is 26.3 Å². The lowest BCUT2D eigenvalue weighted by Crippen LogP contribution is -2.17. The zero-order valence-electron chi connectivity index (χ0n) is 10.7. The third kappa shape index (κ3) is 2.11. The van der Waals surface area contributed by atoms with Crippen LogP contribution in [0.25, 0.3) is 0 Å². The summed E-state index contributed by atoms with van der Waals surface area (Å²) in [5.74, 6) is 0.366. The highest BCUT2D eigenvalue weighted by atomic mass is 32.2. The molecule has 17 heavy (non-hydrogen) atoms. The van der Waals surface area contributed by atoms with Gasteiger partial charge in [0.2, 0.25) is 10.0 Å². The maximum Gasteiger partial charge on any atom is 0.243 e. The minimum atomic E-state index is -3.29. The van der Waals surface area contributed by atoms with Crippen LogP contribution in [0, 0.1) is 12.8 Å². The molecule has 0 spiro atoms. The van der Waals surface area contributed by atoms with Crippen LogP contribution in [-0.2, 0) is 10.0 Å².